The van der Waals surface area contributed by atoms with Crippen molar-refractivity contribution < 1.29 is 14.4 Å². The molecule has 0 saturated heterocycles. The van der Waals surface area contributed by atoms with E-state index >= 15 is 0 Å². The number of nitrogens with zero attached hydrogens (tertiary/aromatic N) is 1. The van der Waals surface area contributed by atoms with Gasteiger partial charge >= 0.3 is 0 Å². The Hall–Kier alpha value is -2.75. The first-order valence-electron chi connectivity index (χ1n) is 8.07. The lowest BCUT2D eigenvalue weighted by molar-refractivity contribution is 0.0521. The first-order valence-corrected chi connectivity index (χ1v) is 8.07. The van der Waals surface area contributed by atoms with Crippen LogP contribution in [0.25, 0.3) is 0 Å². The van der Waals surface area contributed by atoms with Gasteiger partial charge in [-0.2, -0.15) is 0 Å². The number of fused-ring (bicyclic) bond motifs is 1. The molecule has 4 nitrogen and oxygen atoms in total. The number of amides is 2. The van der Waals surface area contributed by atoms with E-state index in [9.17, 15) is 14.4 Å². The number of hydrogen-bond donors (Lipinski definition) is 0. The van der Waals surface area contributed by atoms with Gasteiger partial charge in [-0.05, 0) is 24.5 Å². The fourth-order valence-corrected chi connectivity index (χ4v) is 3.06. The summed E-state index contributed by atoms with van der Waals surface area (Å²) in [7, 11) is 0. The maximum Gasteiger partial charge on any atom is 0.262 e. The molecule has 122 valence electrons. The zero-order chi connectivity index (χ0) is 17.3. The highest BCUT2D eigenvalue weighted by Gasteiger charge is 2.42. The Labute approximate surface area is 141 Å². The fourth-order valence-electron chi connectivity index (χ4n) is 3.06. The molecule has 1 heterocycles. The van der Waals surface area contributed by atoms with Crippen LogP contribution in [-0.4, -0.2) is 28.5 Å². The molecule has 0 spiro atoms. The van der Waals surface area contributed by atoms with Gasteiger partial charge in [0.05, 0.1) is 11.1 Å². The molecular weight excluding hydrogens is 302 g/mol. The third kappa shape index (κ3) is 2.75. The molecule has 0 aromatic heterocycles. The SMILES string of the molecule is CC(C)CC(C(=O)c1ccccc1)N1C(=O)c2ccccc2C1=O. The quantitative estimate of drug-likeness (QED) is 0.625. The number of rotatable bonds is 5. The summed E-state index contributed by atoms with van der Waals surface area (Å²) in [5.74, 6) is -0.790. The summed E-state index contributed by atoms with van der Waals surface area (Å²) in [4.78, 5) is 39.5. The number of carbonyl (C=O) groups is 3. The van der Waals surface area contributed by atoms with E-state index in [1.807, 2.05) is 19.9 Å². The smallest absolute Gasteiger partial charge is 0.262 e. The van der Waals surface area contributed by atoms with E-state index in [1.165, 1.54) is 0 Å². The van der Waals surface area contributed by atoms with Gasteiger partial charge in [0, 0.05) is 5.56 Å². The van der Waals surface area contributed by atoms with Crippen molar-refractivity contribution in [3.05, 3.63) is 71.3 Å². The van der Waals surface area contributed by atoms with Crippen molar-refractivity contribution in [3.63, 3.8) is 0 Å². The van der Waals surface area contributed by atoms with Gasteiger partial charge in [0.2, 0.25) is 0 Å². The largest absolute Gasteiger partial charge is 0.292 e. The molecule has 0 saturated carbocycles. The maximum absolute atomic E-state index is 13.0. The zero-order valence-electron chi connectivity index (χ0n) is 13.7. The topological polar surface area (TPSA) is 54.5 Å². The predicted octanol–water partition coefficient (Wildman–Crippen LogP) is 3.58. The summed E-state index contributed by atoms with van der Waals surface area (Å²) in [5.41, 5.74) is 1.26. The molecule has 2 aromatic rings. The van der Waals surface area contributed by atoms with Crippen LogP contribution in [0.4, 0.5) is 0 Å². The molecule has 2 amide bonds. The Kier molecular flexibility index (Phi) is 4.30. The van der Waals surface area contributed by atoms with Crippen molar-refractivity contribution in [2.45, 2.75) is 26.3 Å². The van der Waals surface area contributed by atoms with E-state index in [0.717, 1.165) is 4.90 Å². The minimum atomic E-state index is -0.778. The zero-order valence-corrected chi connectivity index (χ0v) is 13.7. The van der Waals surface area contributed by atoms with E-state index in [1.54, 1.807) is 48.5 Å². The van der Waals surface area contributed by atoms with Crippen molar-refractivity contribution in [1.82, 2.24) is 4.90 Å². The van der Waals surface area contributed by atoms with Gasteiger partial charge in [-0.3, -0.25) is 19.3 Å². The standard InChI is InChI=1S/C20H19NO3/c1-13(2)12-17(18(22)14-8-4-3-5-9-14)21-19(23)15-10-6-7-11-16(15)20(21)24/h3-11,13,17H,12H2,1-2H3. The summed E-state index contributed by atoms with van der Waals surface area (Å²) in [6.45, 7) is 3.95. The Morgan fingerprint density at radius 2 is 1.38 bits per heavy atom. The highest BCUT2D eigenvalue weighted by atomic mass is 16.2. The van der Waals surface area contributed by atoms with E-state index in [-0.39, 0.29) is 23.5 Å². The Balaban J connectivity index is 2.00. The highest BCUT2D eigenvalue weighted by molar-refractivity contribution is 6.23. The Morgan fingerprint density at radius 1 is 0.875 bits per heavy atom. The number of ketones is 1. The Bertz CT molecular complexity index is 761. The van der Waals surface area contributed by atoms with Gasteiger partial charge in [0.25, 0.3) is 11.8 Å². The van der Waals surface area contributed by atoms with E-state index in [4.69, 9.17) is 0 Å². The van der Waals surface area contributed by atoms with Gasteiger partial charge in [0.15, 0.2) is 5.78 Å². The number of carbonyl (C=O) groups excluding carboxylic acids is 3. The van der Waals surface area contributed by atoms with E-state index in [2.05, 4.69) is 0 Å². The number of hydrogen-bond acceptors (Lipinski definition) is 3. The second kappa shape index (κ2) is 6.40. The summed E-state index contributed by atoms with van der Waals surface area (Å²) < 4.78 is 0. The van der Waals surface area contributed by atoms with E-state index < -0.39 is 6.04 Å². The third-order valence-corrected chi connectivity index (χ3v) is 4.19. The molecule has 0 N–H and O–H groups in total. The average molecular weight is 321 g/mol. The van der Waals surface area contributed by atoms with Gasteiger partial charge in [-0.1, -0.05) is 56.3 Å². The minimum Gasteiger partial charge on any atom is -0.292 e. The fraction of sp³-hybridized carbons (Fsp3) is 0.250. The molecule has 1 unspecified atom stereocenters. The van der Waals surface area contributed by atoms with Crippen LogP contribution in [0.2, 0.25) is 0 Å². The van der Waals surface area contributed by atoms with Gasteiger partial charge < -0.3 is 0 Å². The first kappa shape index (κ1) is 16.1. The molecule has 0 aliphatic carbocycles. The number of imide groups is 1. The van der Waals surface area contributed by atoms with Crippen LogP contribution < -0.4 is 0 Å². The molecule has 3 rings (SSSR count). The molecule has 0 fully saturated rings. The van der Waals surface area contributed by atoms with Gasteiger partial charge in [-0.15, -0.1) is 0 Å². The van der Waals surface area contributed by atoms with E-state index in [0.29, 0.717) is 23.1 Å². The second-order valence-corrected chi connectivity index (χ2v) is 6.40. The second-order valence-electron chi connectivity index (χ2n) is 6.40. The van der Waals surface area contributed by atoms with Crippen LogP contribution in [0.15, 0.2) is 54.6 Å². The van der Waals surface area contributed by atoms with Crippen LogP contribution in [0.5, 0.6) is 0 Å². The molecule has 24 heavy (non-hydrogen) atoms. The van der Waals surface area contributed by atoms with Gasteiger partial charge in [0.1, 0.15) is 6.04 Å². The lowest BCUT2D eigenvalue weighted by atomic mass is 9.94. The highest BCUT2D eigenvalue weighted by Crippen LogP contribution is 2.28. The number of benzene rings is 2. The summed E-state index contributed by atoms with van der Waals surface area (Å²) in [6.07, 6.45) is 0.444. The predicted molar refractivity (Wildman–Crippen MR) is 91.0 cm³/mol. The lowest BCUT2D eigenvalue weighted by Gasteiger charge is -2.26. The molecular formula is C20H19NO3. The third-order valence-electron chi connectivity index (χ3n) is 4.19. The van der Waals surface area contributed by atoms with Crippen molar-refractivity contribution in [1.29, 1.82) is 0 Å². The molecule has 1 aliphatic rings. The summed E-state index contributed by atoms with van der Waals surface area (Å²) in [5, 5.41) is 0. The van der Waals surface area contributed by atoms with Crippen molar-refractivity contribution >= 4 is 17.6 Å². The molecule has 0 radical (unpaired) electrons. The van der Waals surface area contributed by atoms with Crippen molar-refractivity contribution in [3.8, 4) is 0 Å². The van der Waals surface area contributed by atoms with Crippen LogP contribution in [0.3, 0.4) is 0 Å². The monoisotopic (exact) mass is 321 g/mol. The molecule has 1 atom stereocenters. The Morgan fingerprint density at radius 3 is 1.88 bits per heavy atom. The van der Waals surface area contributed by atoms with Crippen LogP contribution >= 0.6 is 0 Å². The van der Waals surface area contributed by atoms with Crippen molar-refractivity contribution in [2.24, 2.45) is 5.92 Å². The molecule has 2 aromatic carbocycles. The van der Waals surface area contributed by atoms with Gasteiger partial charge in [-0.25, -0.2) is 0 Å². The van der Waals surface area contributed by atoms with Crippen LogP contribution in [-0.2, 0) is 0 Å². The maximum atomic E-state index is 13.0. The average Bonchev–Trinajstić information content (AvgIpc) is 2.84. The summed E-state index contributed by atoms with van der Waals surface area (Å²) >= 11 is 0. The molecule has 0 bridgehead atoms. The normalized spacial score (nSPS) is 14.9. The van der Waals surface area contributed by atoms with Crippen LogP contribution in [0, 0.1) is 5.92 Å². The lowest BCUT2D eigenvalue weighted by Crippen LogP contribution is -2.45. The molecule has 1 aliphatic heterocycles. The first-order chi connectivity index (χ1) is 11.5. The number of Topliss-reactive ketones (excluding diaryl/α,β-unsaturated/α-hetero) is 1. The molecule has 4 heteroatoms. The van der Waals surface area contributed by atoms with Crippen molar-refractivity contribution in [2.75, 3.05) is 0 Å². The summed E-state index contributed by atoms with van der Waals surface area (Å²) in [6, 6.07) is 14.8. The van der Waals surface area contributed by atoms with Crippen LogP contribution in [0.1, 0.15) is 51.3 Å². The minimum absolute atomic E-state index is 0.173.